The maximum atomic E-state index is 12.5. The van der Waals surface area contributed by atoms with Gasteiger partial charge in [0.15, 0.2) is 14.1 Å². The lowest BCUT2D eigenvalue weighted by Crippen LogP contribution is -2.48. The first-order chi connectivity index (χ1) is 12.1. The molecule has 5 nitrogen and oxygen atoms in total. The van der Waals surface area contributed by atoms with Crippen LogP contribution in [0, 0.1) is 0 Å². The molecule has 1 atom stereocenters. The Morgan fingerprint density at radius 2 is 1.88 bits per heavy atom. The Balaban J connectivity index is 2.01. The molecule has 6 heteroatoms. The zero-order valence-corrected chi connectivity index (χ0v) is 17.3. The first-order valence-corrected chi connectivity index (χ1v) is 11.8. The highest BCUT2D eigenvalue weighted by molar-refractivity contribution is 6.74. The average Bonchev–Trinajstić information content (AvgIpc) is 2.58. The van der Waals surface area contributed by atoms with Gasteiger partial charge in [-0.2, -0.15) is 0 Å². The Kier molecular flexibility index (Phi) is 6.42. The number of rotatable bonds is 5. The third kappa shape index (κ3) is 5.29. The van der Waals surface area contributed by atoms with Crippen molar-refractivity contribution in [1.82, 2.24) is 4.90 Å². The number of benzene rings is 1. The van der Waals surface area contributed by atoms with Gasteiger partial charge in [0.1, 0.15) is 6.61 Å². The number of carbonyl (C=O) groups excluding carboxylic acids is 2. The molecule has 0 bridgehead atoms. The topological polar surface area (TPSA) is 55.8 Å². The lowest BCUT2D eigenvalue weighted by atomic mass is 10.1. The maximum absolute atomic E-state index is 12.5. The summed E-state index contributed by atoms with van der Waals surface area (Å²) in [5, 5.41) is 0.0696. The fourth-order valence-corrected chi connectivity index (χ4v) is 3.39. The van der Waals surface area contributed by atoms with Crippen molar-refractivity contribution in [3.63, 3.8) is 0 Å². The van der Waals surface area contributed by atoms with Crippen LogP contribution in [0.4, 0.5) is 4.79 Å². The highest BCUT2D eigenvalue weighted by atomic mass is 28.4. The molecule has 1 aromatic rings. The first kappa shape index (κ1) is 20.4. The molecule has 1 aliphatic rings. The average molecular weight is 376 g/mol. The number of hydrogen-bond donors (Lipinski definition) is 0. The molecule has 1 amide bonds. The van der Waals surface area contributed by atoms with Crippen molar-refractivity contribution in [2.45, 2.75) is 58.0 Å². The van der Waals surface area contributed by atoms with Crippen LogP contribution in [0.3, 0.4) is 0 Å². The Hall–Kier alpha value is -1.92. The Morgan fingerprint density at radius 1 is 1.23 bits per heavy atom. The van der Waals surface area contributed by atoms with Gasteiger partial charge in [-0.3, -0.25) is 9.69 Å². The van der Waals surface area contributed by atoms with Gasteiger partial charge < -0.3 is 9.16 Å². The van der Waals surface area contributed by atoms with E-state index in [2.05, 4.69) is 33.9 Å². The molecular formula is C20H29NO4Si. The van der Waals surface area contributed by atoms with Gasteiger partial charge in [-0.25, -0.2) is 4.79 Å². The Bertz CT molecular complexity index is 664. The molecule has 1 heterocycles. The molecule has 0 aromatic heterocycles. The second kappa shape index (κ2) is 8.18. The van der Waals surface area contributed by atoms with Gasteiger partial charge in [0, 0.05) is 12.6 Å². The van der Waals surface area contributed by atoms with Crippen LogP contribution in [0.1, 0.15) is 32.8 Å². The number of ether oxygens (including phenoxy) is 1. The van der Waals surface area contributed by atoms with Crippen molar-refractivity contribution in [2.75, 3.05) is 6.61 Å². The van der Waals surface area contributed by atoms with Crippen LogP contribution < -0.4 is 0 Å². The molecule has 0 unspecified atom stereocenters. The molecule has 0 saturated carbocycles. The van der Waals surface area contributed by atoms with Crippen molar-refractivity contribution in [1.29, 1.82) is 0 Å². The summed E-state index contributed by atoms with van der Waals surface area (Å²) in [5.74, 6) is 0.000871. The smallest absolute Gasteiger partial charge is 0.414 e. The lowest BCUT2D eigenvalue weighted by Gasteiger charge is -2.39. The van der Waals surface area contributed by atoms with Crippen LogP contribution in [0.2, 0.25) is 18.1 Å². The molecule has 1 aliphatic heterocycles. The van der Waals surface area contributed by atoms with Crippen molar-refractivity contribution >= 4 is 20.2 Å². The van der Waals surface area contributed by atoms with Crippen LogP contribution in [-0.2, 0) is 20.6 Å². The zero-order chi connectivity index (χ0) is 19.4. The summed E-state index contributed by atoms with van der Waals surface area (Å²) in [6, 6.07) is 9.20. The monoisotopic (exact) mass is 375 g/mol. The SMILES string of the molecule is CC(C)(C)[Si](C)(C)OC[C@H]1CC(=O)C=CN1C(=O)OCc1ccccc1. The fraction of sp³-hybridized carbons (Fsp3) is 0.500. The van der Waals surface area contributed by atoms with Crippen LogP contribution in [0.25, 0.3) is 0 Å². The van der Waals surface area contributed by atoms with Gasteiger partial charge in [0.05, 0.1) is 12.6 Å². The van der Waals surface area contributed by atoms with Gasteiger partial charge in [-0.05, 0) is 29.8 Å². The van der Waals surface area contributed by atoms with E-state index in [1.165, 1.54) is 17.2 Å². The number of hydrogen-bond acceptors (Lipinski definition) is 4. The zero-order valence-electron chi connectivity index (χ0n) is 16.3. The van der Waals surface area contributed by atoms with E-state index in [9.17, 15) is 9.59 Å². The second-order valence-electron chi connectivity index (χ2n) is 8.16. The van der Waals surface area contributed by atoms with E-state index in [1.54, 1.807) is 0 Å². The maximum Gasteiger partial charge on any atom is 0.414 e. The van der Waals surface area contributed by atoms with Crippen molar-refractivity contribution < 1.29 is 18.8 Å². The minimum absolute atomic E-state index is 0.000871. The predicted molar refractivity (Wildman–Crippen MR) is 104 cm³/mol. The highest BCUT2D eigenvalue weighted by Crippen LogP contribution is 2.37. The third-order valence-electron chi connectivity index (χ3n) is 5.11. The van der Waals surface area contributed by atoms with E-state index in [1.807, 2.05) is 30.3 Å². The number of amides is 1. The molecule has 0 N–H and O–H groups in total. The normalized spacial score (nSPS) is 18.1. The molecule has 26 heavy (non-hydrogen) atoms. The van der Waals surface area contributed by atoms with Crippen LogP contribution in [0.15, 0.2) is 42.6 Å². The van der Waals surface area contributed by atoms with Crippen LogP contribution in [0.5, 0.6) is 0 Å². The first-order valence-electron chi connectivity index (χ1n) is 8.94. The summed E-state index contributed by atoms with van der Waals surface area (Å²) in [4.78, 5) is 25.8. The summed E-state index contributed by atoms with van der Waals surface area (Å²) < 4.78 is 11.6. The van der Waals surface area contributed by atoms with Gasteiger partial charge >= 0.3 is 6.09 Å². The van der Waals surface area contributed by atoms with Gasteiger partial charge in [0.2, 0.25) is 0 Å². The minimum Gasteiger partial charge on any atom is -0.444 e. The molecule has 0 aliphatic carbocycles. The van der Waals surface area contributed by atoms with Gasteiger partial charge in [-0.1, -0.05) is 51.1 Å². The lowest BCUT2D eigenvalue weighted by molar-refractivity contribution is -0.116. The Labute approximate surface area is 157 Å². The molecule has 1 aromatic carbocycles. The van der Waals surface area contributed by atoms with Crippen LogP contribution >= 0.6 is 0 Å². The van der Waals surface area contributed by atoms with Crippen molar-refractivity contribution in [3.8, 4) is 0 Å². The summed E-state index contributed by atoms with van der Waals surface area (Å²) in [6.07, 6.45) is 2.73. The number of nitrogens with zero attached hydrogens (tertiary/aromatic N) is 1. The highest BCUT2D eigenvalue weighted by Gasteiger charge is 2.39. The number of allylic oxidation sites excluding steroid dienone is 1. The standard InChI is InChI=1S/C20H29NO4Si/c1-20(2,3)26(4,5)25-15-17-13-18(22)11-12-21(17)19(23)24-14-16-9-7-6-8-10-16/h6-12,17H,13-15H2,1-5H3/t17-/m1/s1. The summed E-state index contributed by atoms with van der Waals surface area (Å²) in [5.41, 5.74) is 0.923. The van der Waals surface area contributed by atoms with Gasteiger partial charge in [-0.15, -0.1) is 0 Å². The van der Waals surface area contributed by atoms with Crippen molar-refractivity contribution in [2.24, 2.45) is 0 Å². The molecule has 0 fully saturated rings. The molecular weight excluding hydrogens is 346 g/mol. The summed E-state index contributed by atoms with van der Waals surface area (Å²) in [7, 11) is -1.96. The molecule has 0 spiro atoms. The fourth-order valence-electron chi connectivity index (χ4n) is 2.35. The Morgan fingerprint density at radius 3 is 2.50 bits per heavy atom. The number of ketones is 1. The van der Waals surface area contributed by atoms with E-state index in [0.717, 1.165) is 5.56 Å². The largest absolute Gasteiger partial charge is 0.444 e. The quantitative estimate of drug-likeness (QED) is 0.711. The molecule has 0 saturated heterocycles. The third-order valence-corrected chi connectivity index (χ3v) is 9.61. The minimum atomic E-state index is -1.96. The van der Waals surface area contributed by atoms with E-state index in [-0.39, 0.29) is 29.9 Å². The molecule has 0 radical (unpaired) electrons. The summed E-state index contributed by atoms with van der Waals surface area (Å²) >= 11 is 0. The predicted octanol–water partition coefficient (Wildman–Crippen LogP) is 4.50. The van der Waals surface area contributed by atoms with Crippen molar-refractivity contribution in [3.05, 3.63) is 48.2 Å². The summed E-state index contributed by atoms with van der Waals surface area (Å²) in [6.45, 7) is 11.4. The molecule has 2 rings (SSSR count). The van der Waals surface area contributed by atoms with E-state index < -0.39 is 14.4 Å². The van der Waals surface area contributed by atoms with Gasteiger partial charge in [0.25, 0.3) is 0 Å². The second-order valence-corrected chi connectivity index (χ2v) is 13.0. The van der Waals surface area contributed by atoms with E-state index >= 15 is 0 Å². The number of carbonyl (C=O) groups is 2. The molecule has 142 valence electrons. The van der Waals surface area contributed by atoms with Crippen LogP contribution in [-0.4, -0.2) is 37.7 Å². The van der Waals surface area contributed by atoms with E-state index in [4.69, 9.17) is 9.16 Å². The van der Waals surface area contributed by atoms with E-state index in [0.29, 0.717) is 6.61 Å².